The minimum Gasteiger partial charge on any atom is -0.481 e. The van der Waals surface area contributed by atoms with Crippen LogP contribution in [0.1, 0.15) is 71.1 Å². The SMILES string of the molecule is CC1(CC(=O)O)CCCCC1C(=O)NC1CCCCC1. The van der Waals surface area contributed by atoms with Gasteiger partial charge in [-0.3, -0.25) is 9.59 Å². The molecule has 1 amide bonds. The van der Waals surface area contributed by atoms with Gasteiger partial charge < -0.3 is 10.4 Å². The second kappa shape index (κ2) is 6.59. The van der Waals surface area contributed by atoms with Crippen LogP contribution in [0.25, 0.3) is 0 Å². The lowest BCUT2D eigenvalue weighted by Crippen LogP contribution is -2.47. The highest BCUT2D eigenvalue weighted by Gasteiger charge is 2.42. The molecule has 0 bridgehead atoms. The van der Waals surface area contributed by atoms with Crippen LogP contribution in [-0.2, 0) is 9.59 Å². The zero-order chi connectivity index (χ0) is 14.6. The number of hydrogen-bond acceptors (Lipinski definition) is 2. The Morgan fingerprint density at radius 2 is 1.75 bits per heavy atom. The fourth-order valence-electron chi connectivity index (χ4n) is 3.95. The minimum atomic E-state index is -0.787. The Morgan fingerprint density at radius 1 is 1.10 bits per heavy atom. The Labute approximate surface area is 121 Å². The van der Waals surface area contributed by atoms with E-state index in [0.29, 0.717) is 6.04 Å². The van der Waals surface area contributed by atoms with Crippen LogP contribution in [0, 0.1) is 11.3 Å². The first-order chi connectivity index (χ1) is 9.51. The molecule has 0 spiro atoms. The quantitative estimate of drug-likeness (QED) is 0.832. The smallest absolute Gasteiger partial charge is 0.303 e. The molecule has 2 fully saturated rings. The third kappa shape index (κ3) is 3.74. The maximum Gasteiger partial charge on any atom is 0.303 e. The number of hydrogen-bond donors (Lipinski definition) is 2. The monoisotopic (exact) mass is 281 g/mol. The van der Waals surface area contributed by atoms with Gasteiger partial charge in [0.1, 0.15) is 0 Å². The maximum absolute atomic E-state index is 12.6. The van der Waals surface area contributed by atoms with Gasteiger partial charge in [0.05, 0.1) is 6.42 Å². The second-order valence-electron chi connectivity index (χ2n) is 6.87. The molecule has 0 saturated heterocycles. The van der Waals surface area contributed by atoms with Crippen molar-refractivity contribution in [3.05, 3.63) is 0 Å². The molecule has 2 rings (SSSR count). The van der Waals surface area contributed by atoms with Crippen LogP contribution in [0.15, 0.2) is 0 Å². The summed E-state index contributed by atoms with van der Waals surface area (Å²) in [6.45, 7) is 1.98. The first-order valence-corrected chi connectivity index (χ1v) is 8.03. The van der Waals surface area contributed by atoms with Crippen LogP contribution in [-0.4, -0.2) is 23.0 Å². The van der Waals surface area contributed by atoms with E-state index >= 15 is 0 Å². The van der Waals surface area contributed by atoms with Crippen LogP contribution < -0.4 is 5.32 Å². The number of nitrogens with one attached hydrogen (secondary N) is 1. The lowest BCUT2D eigenvalue weighted by atomic mass is 9.65. The van der Waals surface area contributed by atoms with Gasteiger partial charge in [0.2, 0.25) is 5.91 Å². The van der Waals surface area contributed by atoms with Gasteiger partial charge >= 0.3 is 5.97 Å². The zero-order valence-electron chi connectivity index (χ0n) is 12.5. The molecule has 2 unspecified atom stereocenters. The van der Waals surface area contributed by atoms with E-state index in [0.717, 1.165) is 38.5 Å². The Bertz CT molecular complexity index is 363. The Hall–Kier alpha value is -1.06. The first kappa shape index (κ1) is 15.3. The molecule has 114 valence electrons. The number of carbonyl (C=O) groups is 2. The van der Waals surface area contributed by atoms with Crippen molar-refractivity contribution in [2.45, 2.75) is 77.2 Å². The maximum atomic E-state index is 12.6. The van der Waals surface area contributed by atoms with Gasteiger partial charge in [0.25, 0.3) is 0 Å². The highest BCUT2D eigenvalue weighted by molar-refractivity contribution is 5.81. The van der Waals surface area contributed by atoms with Crippen molar-refractivity contribution in [3.8, 4) is 0 Å². The predicted octanol–water partition coefficient (Wildman–Crippen LogP) is 3.11. The fourth-order valence-corrected chi connectivity index (χ4v) is 3.95. The molecule has 0 aromatic rings. The van der Waals surface area contributed by atoms with Crippen molar-refractivity contribution in [2.24, 2.45) is 11.3 Å². The van der Waals surface area contributed by atoms with Gasteiger partial charge in [-0.1, -0.05) is 39.0 Å². The molecule has 2 atom stereocenters. The predicted molar refractivity (Wildman–Crippen MR) is 77.3 cm³/mol. The molecule has 4 nitrogen and oxygen atoms in total. The van der Waals surface area contributed by atoms with Crippen LogP contribution in [0.4, 0.5) is 0 Å². The molecule has 0 aromatic heterocycles. The molecule has 0 aromatic carbocycles. The largest absolute Gasteiger partial charge is 0.481 e. The first-order valence-electron chi connectivity index (χ1n) is 8.03. The fraction of sp³-hybridized carbons (Fsp3) is 0.875. The van der Waals surface area contributed by atoms with E-state index in [1.807, 2.05) is 6.92 Å². The summed E-state index contributed by atoms with van der Waals surface area (Å²) < 4.78 is 0. The Kier molecular flexibility index (Phi) is 5.06. The second-order valence-corrected chi connectivity index (χ2v) is 6.87. The third-order valence-electron chi connectivity index (χ3n) is 5.16. The van der Waals surface area contributed by atoms with E-state index < -0.39 is 5.97 Å². The third-order valence-corrected chi connectivity index (χ3v) is 5.16. The van der Waals surface area contributed by atoms with Crippen molar-refractivity contribution in [1.82, 2.24) is 5.32 Å². The topological polar surface area (TPSA) is 66.4 Å². The number of carbonyl (C=O) groups excluding carboxylic acids is 1. The Morgan fingerprint density at radius 3 is 2.40 bits per heavy atom. The van der Waals surface area contributed by atoms with Crippen molar-refractivity contribution in [3.63, 3.8) is 0 Å². The molecule has 0 aliphatic heterocycles. The number of carboxylic acids is 1. The standard InChI is InChI=1S/C16H27NO3/c1-16(11-14(18)19)10-6-5-9-13(16)15(20)17-12-7-3-2-4-8-12/h12-13H,2-11H2,1H3,(H,17,20)(H,18,19). The summed E-state index contributed by atoms with van der Waals surface area (Å²) in [5.41, 5.74) is -0.372. The molecule has 20 heavy (non-hydrogen) atoms. The number of amides is 1. The Balaban J connectivity index is 1.99. The number of rotatable bonds is 4. The molecule has 4 heteroatoms. The summed E-state index contributed by atoms with van der Waals surface area (Å²) in [7, 11) is 0. The molecule has 2 N–H and O–H groups in total. The van der Waals surface area contributed by atoms with Crippen LogP contribution in [0.5, 0.6) is 0 Å². The summed E-state index contributed by atoms with van der Waals surface area (Å²) in [5.74, 6) is -0.820. The van der Waals surface area contributed by atoms with Gasteiger partial charge in [-0.15, -0.1) is 0 Å². The number of carboxylic acid groups (broad SMARTS) is 1. The van der Waals surface area contributed by atoms with Crippen molar-refractivity contribution in [2.75, 3.05) is 0 Å². The van der Waals surface area contributed by atoms with E-state index in [9.17, 15) is 9.59 Å². The molecule has 2 saturated carbocycles. The van der Waals surface area contributed by atoms with Gasteiger partial charge in [0.15, 0.2) is 0 Å². The molecular weight excluding hydrogens is 254 g/mol. The van der Waals surface area contributed by atoms with Crippen LogP contribution in [0.3, 0.4) is 0 Å². The lowest BCUT2D eigenvalue weighted by molar-refractivity contribution is -0.143. The molecule has 0 heterocycles. The molecular formula is C16H27NO3. The minimum absolute atomic E-state index is 0.0975. The van der Waals surface area contributed by atoms with Gasteiger partial charge in [-0.2, -0.15) is 0 Å². The van der Waals surface area contributed by atoms with Gasteiger partial charge in [-0.25, -0.2) is 0 Å². The summed E-state index contributed by atoms with van der Waals surface area (Å²) in [4.78, 5) is 23.7. The van der Waals surface area contributed by atoms with E-state index in [1.54, 1.807) is 0 Å². The average molecular weight is 281 g/mol. The summed E-state index contributed by atoms with van der Waals surface area (Å²) >= 11 is 0. The number of aliphatic carboxylic acids is 1. The van der Waals surface area contributed by atoms with Crippen LogP contribution >= 0.6 is 0 Å². The average Bonchev–Trinajstić information content (AvgIpc) is 2.38. The van der Waals surface area contributed by atoms with E-state index in [2.05, 4.69) is 5.32 Å². The molecule has 0 radical (unpaired) electrons. The van der Waals surface area contributed by atoms with E-state index in [1.165, 1.54) is 19.3 Å². The normalized spacial score (nSPS) is 31.8. The van der Waals surface area contributed by atoms with E-state index in [4.69, 9.17) is 5.11 Å². The van der Waals surface area contributed by atoms with Crippen molar-refractivity contribution < 1.29 is 14.7 Å². The highest BCUT2D eigenvalue weighted by atomic mass is 16.4. The summed E-state index contributed by atoms with van der Waals surface area (Å²) in [5, 5.41) is 12.3. The zero-order valence-corrected chi connectivity index (χ0v) is 12.5. The van der Waals surface area contributed by atoms with Gasteiger partial charge in [-0.05, 0) is 31.1 Å². The van der Waals surface area contributed by atoms with Crippen molar-refractivity contribution >= 4 is 11.9 Å². The summed E-state index contributed by atoms with van der Waals surface area (Å²) in [6.07, 6.45) is 9.69. The lowest BCUT2D eigenvalue weighted by Gasteiger charge is -2.40. The highest BCUT2D eigenvalue weighted by Crippen LogP contribution is 2.44. The van der Waals surface area contributed by atoms with Crippen molar-refractivity contribution in [1.29, 1.82) is 0 Å². The van der Waals surface area contributed by atoms with E-state index in [-0.39, 0.29) is 23.7 Å². The summed E-state index contributed by atoms with van der Waals surface area (Å²) in [6, 6.07) is 0.312. The molecule has 2 aliphatic rings. The molecule has 2 aliphatic carbocycles. The van der Waals surface area contributed by atoms with Gasteiger partial charge in [0, 0.05) is 12.0 Å². The van der Waals surface area contributed by atoms with Crippen LogP contribution in [0.2, 0.25) is 0 Å².